The Bertz CT molecular complexity index is 526. The Morgan fingerprint density at radius 1 is 1.17 bits per heavy atom. The number of morpholine rings is 1. The van der Waals surface area contributed by atoms with Crippen LogP contribution >= 0.6 is 0 Å². The van der Waals surface area contributed by atoms with E-state index in [1.165, 1.54) is 19.3 Å². The summed E-state index contributed by atoms with van der Waals surface area (Å²) in [5.74, 6) is 0.827. The van der Waals surface area contributed by atoms with Crippen molar-refractivity contribution in [2.75, 3.05) is 57.4 Å². The molecule has 3 rings (SSSR count). The van der Waals surface area contributed by atoms with Crippen LogP contribution in [0.3, 0.4) is 0 Å². The molecule has 2 aliphatic rings. The quantitative estimate of drug-likeness (QED) is 0.801. The Kier molecular flexibility index (Phi) is 6.43. The van der Waals surface area contributed by atoms with Gasteiger partial charge in [-0.25, -0.2) is 4.98 Å². The minimum atomic E-state index is -0.00866. The van der Waals surface area contributed by atoms with Crippen LogP contribution in [0.15, 0.2) is 18.3 Å². The van der Waals surface area contributed by atoms with Crippen LogP contribution < -0.4 is 10.2 Å². The first kappa shape index (κ1) is 17.2. The van der Waals surface area contributed by atoms with Crippen LogP contribution in [0.5, 0.6) is 0 Å². The number of piperidine rings is 1. The molecule has 132 valence electrons. The molecule has 0 unspecified atom stereocenters. The van der Waals surface area contributed by atoms with Crippen molar-refractivity contribution in [3.63, 3.8) is 0 Å². The van der Waals surface area contributed by atoms with Gasteiger partial charge in [0.1, 0.15) is 5.82 Å². The van der Waals surface area contributed by atoms with Gasteiger partial charge < -0.3 is 15.0 Å². The average molecular weight is 332 g/mol. The van der Waals surface area contributed by atoms with Crippen molar-refractivity contribution >= 4 is 11.7 Å². The van der Waals surface area contributed by atoms with Gasteiger partial charge in [-0.05, 0) is 44.4 Å². The maximum Gasteiger partial charge on any atom is 0.255 e. The summed E-state index contributed by atoms with van der Waals surface area (Å²) < 4.78 is 5.35. The predicted molar refractivity (Wildman–Crippen MR) is 94.5 cm³/mol. The molecular formula is C18H28N4O2. The Labute approximate surface area is 144 Å². The molecule has 2 aliphatic heterocycles. The minimum Gasteiger partial charge on any atom is -0.379 e. The van der Waals surface area contributed by atoms with Crippen LogP contribution in [0, 0.1) is 0 Å². The standard InChI is InChI=1S/C18H28N4O2/c23-18(20-8-5-9-21-12-14-24-15-13-21)16-6-4-7-19-17(16)22-10-2-1-3-11-22/h4,6-7H,1-3,5,8-15H2,(H,20,23). The summed E-state index contributed by atoms with van der Waals surface area (Å²) in [4.78, 5) is 21.6. The first-order valence-electron chi connectivity index (χ1n) is 9.13. The molecule has 0 saturated carbocycles. The summed E-state index contributed by atoms with van der Waals surface area (Å²) in [5.41, 5.74) is 0.700. The summed E-state index contributed by atoms with van der Waals surface area (Å²) in [5, 5.41) is 3.05. The fraction of sp³-hybridized carbons (Fsp3) is 0.667. The Balaban J connectivity index is 1.49. The van der Waals surface area contributed by atoms with Gasteiger partial charge in [-0.1, -0.05) is 0 Å². The van der Waals surface area contributed by atoms with Crippen LogP contribution in [0.2, 0.25) is 0 Å². The van der Waals surface area contributed by atoms with E-state index in [4.69, 9.17) is 4.74 Å². The summed E-state index contributed by atoms with van der Waals surface area (Å²) in [6.45, 7) is 7.33. The number of carbonyl (C=O) groups is 1. The van der Waals surface area contributed by atoms with Gasteiger partial charge in [-0.2, -0.15) is 0 Å². The highest BCUT2D eigenvalue weighted by atomic mass is 16.5. The van der Waals surface area contributed by atoms with Gasteiger partial charge in [0.25, 0.3) is 5.91 Å². The van der Waals surface area contributed by atoms with Gasteiger partial charge >= 0.3 is 0 Å². The number of nitrogens with one attached hydrogen (secondary N) is 1. The molecule has 0 aromatic carbocycles. The topological polar surface area (TPSA) is 57.7 Å². The normalized spacial score (nSPS) is 19.2. The molecule has 0 atom stereocenters. The van der Waals surface area contributed by atoms with Crippen LogP contribution in [0.1, 0.15) is 36.0 Å². The fourth-order valence-electron chi connectivity index (χ4n) is 3.36. The van der Waals surface area contributed by atoms with Crippen molar-refractivity contribution in [1.82, 2.24) is 15.2 Å². The molecule has 6 nitrogen and oxygen atoms in total. The zero-order valence-corrected chi connectivity index (χ0v) is 14.4. The number of hydrogen-bond acceptors (Lipinski definition) is 5. The molecular weight excluding hydrogens is 304 g/mol. The third-order valence-corrected chi connectivity index (χ3v) is 4.73. The molecule has 0 spiro atoms. The van der Waals surface area contributed by atoms with Gasteiger partial charge in [-0.3, -0.25) is 9.69 Å². The van der Waals surface area contributed by atoms with Crippen molar-refractivity contribution in [3.05, 3.63) is 23.9 Å². The van der Waals surface area contributed by atoms with Crippen molar-refractivity contribution in [1.29, 1.82) is 0 Å². The van der Waals surface area contributed by atoms with E-state index in [0.29, 0.717) is 12.1 Å². The highest BCUT2D eigenvalue weighted by molar-refractivity contribution is 5.98. The Morgan fingerprint density at radius 3 is 2.75 bits per heavy atom. The molecule has 3 heterocycles. The first-order chi connectivity index (χ1) is 11.8. The number of nitrogens with zero attached hydrogens (tertiary/aromatic N) is 3. The van der Waals surface area contributed by atoms with Crippen LogP contribution in [0.4, 0.5) is 5.82 Å². The molecule has 1 N–H and O–H groups in total. The molecule has 0 radical (unpaired) electrons. The maximum absolute atomic E-state index is 12.5. The van der Waals surface area contributed by atoms with Crippen molar-refractivity contribution < 1.29 is 9.53 Å². The smallest absolute Gasteiger partial charge is 0.255 e. The summed E-state index contributed by atoms with van der Waals surface area (Å²) in [6.07, 6.45) is 6.37. The van der Waals surface area contributed by atoms with Crippen LogP contribution in [-0.4, -0.2) is 68.3 Å². The zero-order chi connectivity index (χ0) is 16.6. The SMILES string of the molecule is O=C(NCCCN1CCOCC1)c1cccnc1N1CCCCC1. The minimum absolute atomic E-state index is 0.00866. The highest BCUT2D eigenvalue weighted by Crippen LogP contribution is 2.21. The predicted octanol–water partition coefficient (Wildman–Crippen LogP) is 1.52. The number of hydrogen-bond donors (Lipinski definition) is 1. The van der Waals surface area contributed by atoms with E-state index in [1.54, 1.807) is 6.20 Å². The molecule has 24 heavy (non-hydrogen) atoms. The lowest BCUT2D eigenvalue weighted by Crippen LogP contribution is -2.38. The Hall–Kier alpha value is -1.66. The third-order valence-electron chi connectivity index (χ3n) is 4.73. The second kappa shape index (κ2) is 8.99. The van der Waals surface area contributed by atoms with Gasteiger partial charge in [-0.15, -0.1) is 0 Å². The number of anilines is 1. The number of rotatable bonds is 6. The van der Waals surface area contributed by atoms with Crippen molar-refractivity contribution in [3.8, 4) is 0 Å². The van der Waals surface area contributed by atoms with Gasteiger partial charge in [0.2, 0.25) is 0 Å². The van der Waals surface area contributed by atoms with E-state index >= 15 is 0 Å². The van der Waals surface area contributed by atoms with E-state index in [2.05, 4.69) is 20.1 Å². The van der Waals surface area contributed by atoms with E-state index < -0.39 is 0 Å². The number of aromatic nitrogens is 1. The van der Waals surface area contributed by atoms with E-state index in [0.717, 1.165) is 58.2 Å². The largest absolute Gasteiger partial charge is 0.379 e. The zero-order valence-electron chi connectivity index (χ0n) is 14.4. The number of pyridine rings is 1. The van der Waals surface area contributed by atoms with Crippen LogP contribution in [0.25, 0.3) is 0 Å². The molecule has 0 bridgehead atoms. The monoisotopic (exact) mass is 332 g/mol. The molecule has 1 aromatic heterocycles. The average Bonchev–Trinajstić information content (AvgIpc) is 2.66. The summed E-state index contributed by atoms with van der Waals surface area (Å²) in [6, 6.07) is 3.73. The van der Waals surface area contributed by atoms with Crippen molar-refractivity contribution in [2.45, 2.75) is 25.7 Å². The number of amides is 1. The molecule has 6 heteroatoms. The summed E-state index contributed by atoms with van der Waals surface area (Å²) >= 11 is 0. The summed E-state index contributed by atoms with van der Waals surface area (Å²) in [7, 11) is 0. The van der Waals surface area contributed by atoms with E-state index in [1.807, 2.05) is 12.1 Å². The number of carbonyl (C=O) groups excluding carboxylic acids is 1. The maximum atomic E-state index is 12.5. The van der Waals surface area contributed by atoms with E-state index in [9.17, 15) is 4.79 Å². The third kappa shape index (κ3) is 4.68. The second-order valence-electron chi connectivity index (χ2n) is 6.49. The van der Waals surface area contributed by atoms with Gasteiger partial charge in [0, 0.05) is 38.9 Å². The van der Waals surface area contributed by atoms with Crippen molar-refractivity contribution in [2.24, 2.45) is 0 Å². The molecule has 2 saturated heterocycles. The van der Waals surface area contributed by atoms with E-state index in [-0.39, 0.29) is 5.91 Å². The Morgan fingerprint density at radius 2 is 1.96 bits per heavy atom. The van der Waals surface area contributed by atoms with Gasteiger partial charge in [0.05, 0.1) is 18.8 Å². The highest BCUT2D eigenvalue weighted by Gasteiger charge is 2.19. The molecule has 1 aromatic rings. The lowest BCUT2D eigenvalue weighted by atomic mass is 10.1. The molecule has 0 aliphatic carbocycles. The lowest BCUT2D eigenvalue weighted by Gasteiger charge is -2.29. The number of ether oxygens (including phenoxy) is 1. The fourth-order valence-corrected chi connectivity index (χ4v) is 3.36. The lowest BCUT2D eigenvalue weighted by molar-refractivity contribution is 0.0374. The van der Waals surface area contributed by atoms with Gasteiger partial charge in [0.15, 0.2) is 0 Å². The first-order valence-corrected chi connectivity index (χ1v) is 9.13. The van der Waals surface area contributed by atoms with Crippen LogP contribution in [-0.2, 0) is 4.74 Å². The molecule has 1 amide bonds. The molecule has 2 fully saturated rings. The second-order valence-corrected chi connectivity index (χ2v) is 6.49.